The first-order valence-corrected chi connectivity index (χ1v) is 7.64. The van der Waals surface area contributed by atoms with Gasteiger partial charge >= 0.3 is 5.97 Å². The Bertz CT molecular complexity index is 687. The summed E-state index contributed by atoms with van der Waals surface area (Å²) in [6.07, 6.45) is 2.03. The third-order valence-corrected chi connectivity index (χ3v) is 4.02. The van der Waals surface area contributed by atoms with Crippen molar-refractivity contribution < 1.29 is 19.0 Å². The Balaban J connectivity index is 1.72. The van der Waals surface area contributed by atoms with Crippen molar-refractivity contribution in [2.24, 2.45) is 0 Å². The standard InChI is InChI=1S/C18H18FNO3/c19-16-5-1-2-6-17(16)23-15-9-7-13(8-10-15)20-11-3-4-14(20)12-18(21)22/h1-2,5-10,14H,3-4,11-12H2,(H,21,22)/t14-/m0/s1. The van der Waals surface area contributed by atoms with Crippen LogP contribution in [-0.4, -0.2) is 23.7 Å². The molecule has 1 aliphatic rings. The minimum Gasteiger partial charge on any atom is -0.481 e. The van der Waals surface area contributed by atoms with Gasteiger partial charge in [0.1, 0.15) is 5.75 Å². The number of hydrogen-bond donors (Lipinski definition) is 1. The summed E-state index contributed by atoms with van der Waals surface area (Å²) in [7, 11) is 0. The number of halogens is 1. The van der Waals surface area contributed by atoms with Crippen LogP contribution in [0.5, 0.6) is 11.5 Å². The largest absolute Gasteiger partial charge is 0.481 e. The van der Waals surface area contributed by atoms with Crippen molar-refractivity contribution >= 4 is 11.7 Å². The van der Waals surface area contributed by atoms with E-state index in [2.05, 4.69) is 4.90 Å². The lowest BCUT2D eigenvalue weighted by Crippen LogP contribution is -2.31. The summed E-state index contributed by atoms with van der Waals surface area (Å²) >= 11 is 0. The average Bonchev–Trinajstić information content (AvgIpc) is 2.98. The van der Waals surface area contributed by atoms with E-state index in [1.54, 1.807) is 30.3 Å². The van der Waals surface area contributed by atoms with Gasteiger partial charge in [0.2, 0.25) is 0 Å². The zero-order chi connectivity index (χ0) is 16.2. The van der Waals surface area contributed by atoms with Crippen LogP contribution in [0.3, 0.4) is 0 Å². The van der Waals surface area contributed by atoms with E-state index < -0.39 is 11.8 Å². The maximum absolute atomic E-state index is 13.6. The van der Waals surface area contributed by atoms with E-state index in [1.165, 1.54) is 6.07 Å². The van der Waals surface area contributed by atoms with Gasteiger partial charge in [-0.2, -0.15) is 0 Å². The predicted octanol–water partition coefficient (Wildman–Crippen LogP) is 4.06. The molecule has 0 amide bonds. The number of nitrogens with zero attached hydrogens (tertiary/aromatic N) is 1. The van der Waals surface area contributed by atoms with Gasteiger partial charge in [0.25, 0.3) is 0 Å². The summed E-state index contributed by atoms with van der Waals surface area (Å²) in [6.45, 7) is 0.853. The van der Waals surface area contributed by atoms with Crippen LogP contribution in [0, 0.1) is 5.82 Å². The lowest BCUT2D eigenvalue weighted by Gasteiger charge is -2.25. The summed E-state index contributed by atoms with van der Waals surface area (Å²) in [5, 5.41) is 8.99. The molecule has 0 unspecified atom stereocenters. The number of para-hydroxylation sites is 1. The average molecular weight is 315 g/mol. The van der Waals surface area contributed by atoms with Crippen LogP contribution in [0.25, 0.3) is 0 Å². The zero-order valence-corrected chi connectivity index (χ0v) is 12.6. The molecule has 0 bridgehead atoms. The van der Waals surface area contributed by atoms with Crippen molar-refractivity contribution in [2.75, 3.05) is 11.4 Å². The summed E-state index contributed by atoms with van der Waals surface area (Å²) in [6, 6.07) is 13.6. The number of carbonyl (C=O) groups is 1. The highest BCUT2D eigenvalue weighted by atomic mass is 19.1. The van der Waals surface area contributed by atoms with Crippen molar-refractivity contribution in [2.45, 2.75) is 25.3 Å². The van der Waals surface area contributed by atoms with Crippen LogP contribution in [0.1, 0.15) is 19.3 Å². The fourth-order valence-electron chi connectivity index (χ4n) is 2.95. The number of hydrogen-bond acceptors (Lipinski definition) is 3. The number of aliphatic carboxylic acids is 1. The van der Waals surface area contributed by atoms with E-state index in [0.29, 0.717) is 5.75 Å². The summed E-state index contributed by atoms with van der Waals surface area (Å²) < 4.78 is 19.1. The number of rotatable bonds is 5. The van der Waals surface area contributed by atoms with Crippen LogP contribution >= 0.6 is 0 Å². The number of benzene rings is 2. The monoisotopic (exact) mass is 315 g/mol. The van der Waals surface area contributed by atoms with E-state index in [4.69, 9.17) is 9.84 Å². The molecule has 5 heteroatoms. The minimum atomic E-state index is -0.776. The van der Waals surface area contributed by atoms with Gasteiger partial charge in [-0.1, -0.05) is 12.1 Å². The molecule has 1 heterocycles. The van der Waals surface area contributed by atoms with Crippen molar-refractivity contribution in [1.29, 1.82) is 0 Å². The quantitative estimate of drug-likeness (QED) is 0.904. The molecule has 1 N–H and O–H groups in total. The first-order valence-electron chi connectivity index (χ1n) is 7.64. The number of ether oxygens (including phenoxy) is 1. The second kappa shape index (κ2) is 6.69. The Kier molecular flexibility index (Phi) is 4.46. The number of carboxylic acids is 1. The normalized spacial score (nSPS) is 17.3. The smallest absolute Gasteiger partial charge is 0.305 e. The first-order chi connectivity index (χ1) is 11.1. The second-order valence-corrected chi connectivity index (χ2v) is 5.61. The van der Waals surface area contributed by atoms with E-state index in [-0.39, 0.29) is 18.2 Å². The SMILES string of the molecule is O=C(O)C[C@@H]1CCCN1c1ccc(Oc2ccccc2F)cc1. The molecule has 1 fully saturated rings. The maximum Gasteiger partial charge on any atom is 0.305 e. The highest BCUT2D eigenvalue weighted by Crippen LogP contribution is 2.30. The molecule has 2 aromatic rings. The van der Waals surface area contributed by atoms with E-state index in [9.17, 15) is 9.18 Å². The Morgan fingerprint density at radius 3 is 2.65 bits per heavy atom. The molecular weight excluding hydrogens is 297 g/mol. The van der Waals surface area contributed by atoms with Crippen molar-refractivity contribution in [3.8, 4) is 11.5 Å². The minimum absolute atomic E-state index is 0.0332. The summed E-state index contributed by atoms with van der Waals surface area (Å²) in [4.78, 5) is 13.1. The molecule has 4 nitrogen and oxygen atoms in total. The number of anilines is 1. The third-order valence-electron chi connectivity index (χ3n) is 4.02. The first kappa shape index (κ1) is 15.3. The van der Waals surface area contributed by atoms with Gasteiger partial charge in [-0.25, -0.2) is 4.39 Å². The van der Waals surface area contributed by atoms with Crippen LogP contribution in [0.15, 0.2) is 48.5 Å². The highest BCUT2D eigenvalue weighted by Gasteiger charge is 2.26. The van der Waals surface area contributed by atoms with Gasteiger partial charge in [0, 0.05) is 18.3 Å². The molecule has 0 spiro atoms. The molecule has 2 aromatic carbocycles. The molecule has 23 heavy (non-hydrogen) atoms. The lowest BCUT2D eigenvalue weighted by molar-refractivity contribution is -0.137. The van der Waals surface area contributed by atoms with Crippen molar-refractivity contribution in [3.05, 3.63) is 54.3 Å². The Labute approximate surface area is 134 Å². The molecule has 0 saturated carbocycles. The van der Waals surface area contributed by atoms with Gasteiger partial charge in [-0.05, 0) is 49.2 Å². The van der Waals surface area contributed by atoms with Crippen LogP contribution in [-0.2, 0) is 4.79 Å². The topological polar surface area (TPSA) is 49.8 Å². The van der Waals surface area contributed by atoms with Crippen LogP contribution in [0.2, 0.25) is 0 Å². The van der Waals surface area contributed by atoms with Gasteiger partial charge in [0.05, 0.1) is 6.42 Å². The van der Waals surface area contributed by atoms with E-state index in [0.717, 1.165) is 25.1 Å². The fourth-order valence-corrected chi connectivity index (χ4v) is 2.95. The number of carboxylic acid groups (broad SMARTS) is 1. The lowest BCUT2D eigenvalue weighted by atomic mass is 10.1. The summed E-state index contributed by atoms with van der Waals surface area (Å²) in [5.74, 6) is -0.447. The van der Waals surface area contributed by atoms with Gasteiger partial charge in [0.15, 0.2) is 11.6 Å². The van der Waals surface area contributed by atoms with Gasteiger partial charge in [-0.15, -0.1) is 0 Å². The van der Waals surface area contributed by atoms with Crippen LogP contribution in [0.4, 0.5) is 10.1 Å². The van der Waals surface area contributed by atoms with Gasteiger partial charge < -0.3 is 14.7 Å². The molecule has 0 radical (unpaired) electrons. The molecule has 120 valence electrons. The maximum atomic E-state index is 13.6. The molecule has 0 aromatic heterocycles. The fraction of sp³-hybridized carbons (Fsp3) is 0.278. The van der Waals surface area contributed by atoms with E-state index in [1.807, 2.05) is 12.1 Å². The predicted molar refractivity (Wildman–Crippen MR) is 85.5 cm³/mol. The Morgan fingerprint density at radius 2 is 1.96 bits per heavy atom. The Hall–Kier alpha value is -2.56. The summed E-state index contributed by atoms with van der Waals surface area (Å²) in [5.41, 5.74) is 0.967. The molecule has 1 saturated heterocycles. The Morgan fingerprint density at radius 1 is 1.22 bits per heavy atom. The zero-order valence-electron chi connectivity index (χ0n) is 12.6. The van der Waals surface area contributed by atoms with Gasteiger partial charge in [-0.3, -0.25) is 4.79 Å². The molecule has 1 atom stereocenters. The third kappa shape index (κ3) is 3.62. The molecule has 3 rings (SSSR count). The highest BCUT2D eigenvalue weighted by molar-refractivity contribution is 5.69. The molecule has 0 aliphatic carbocycles. The van der Waals surface area contributed by atoms with Crippen LogP contribution < -0.4 is 9.64 Å². The molecule has 1 aliphatic heterocycles. The van der Waals surface area contributed by atoms with E-state index >= 15 is 0 Å². The van der Waals surface area contributed by atoms with Crippen molar-refractivity contribution in [1.82, 2.24) is 0 Å². The second-order valence-electron chi connectivity index (χ2n) is 5.61. The van der Waals surface area contributed by atoms with Crippen molar-refractivity contribution in [3.63, 3.8) is 0 Å². The molecular formula is C18H18FNO3.